The first-order chi connectivity index (χ1) is 12.7. The highest BCUT2D eigenvalue weighted by Crippen LogP contribution is 2.24. The number of hydrogen-bond acceptors (Lipinski definition) is 4. The minimum atomic E-state index is -0.234. The molecule has 136 valence electrons. The van der Waals surface area contributed by atoms with Gasteiger partial charge in [-0.25, -0.2) is 5.48 Å². The van der Waals surface area contributed by atoms with Crippen molar-refractivity contribution >= 4 is 11.6 Å². The van der Waals surface area contributed by atoms with E-state index in [0.717, 1.165) is 24.1 Å². The third-order valence-electron chi connectivity index (χ3n) is 4.78. The van der Waals surface area contributed by atoms with Gasteiger partial charge in [-0.2, -0.15) is 0 Å². The number of para-hydroxylation sites is 1. The molecule has 0 radical (unpaired) electrons. The van der Waals surface area contributed by atoms with Gasteiger partial charge in [0.2, 0.25) is 0 Å². The molecule has 0 aliphatic heterocycles. The zero-order valence-corrected chi connectivity index (χ0v) is 15.0. The Hall–Kier alpha value is -2.66. The molecule has 2 unspecified atom stereocenters. The minimum absolute atomic E-state index is 0.234. The summed E-state index contributed by atoms with van der Waals surface area (Å²) in [6.07, 6.45) is 9.99. The number of allylic oxidation sites excluding steroid dienone is 2. The first kappa shape index (κ1) is 18.1. The Balaban J connectivity index is 1.54. The largest absolute Gasteiger partial charge is 0.380 e. The van der Waals surface area contributed by atoms with Gasteiger partial charge in [-0.1, -0.05) is 31.2 Å². The summed E-state index contributed by atoms with van der Waals surface area (Å²) >= 11 is 0. The van der Waals surface area contributed by atoms with Crippen LogP contribution in [0.25, 0.3) is 0 Å². The molecule has 5 heteroatoms. The number of nitrogens with one attached hydrogen (secondary N) is 2. The quantitative estimate of drug-likeness (QED) is 0.585. The first-order valence-corrected chi connectivity index (χ1v) is 9.03. The van der Waals surface area contributed by atoms with Gasteiger partial charge in [0.05, 0.1) is 12.2 Å². The topological polar surface area (TPSA) is 63.2 Å². The van der Waals surface area contributed by atoms with Crippen LogP contribution in [-0.4, -0.2) is 17.5 Å². The molecule has 3 rings (SSSR count). The second-order valence-corrected chi connectivity index (χ2v) is 6.68. The van der Waals surface area contributed by atoms with Gasteiger partial charge in [0.1, 0.15) is 0 Å². The third-order valence-corrected chi connectivity index (χ3v) is 4.78. The second kappa shape index (κ2) is 9.15. The van der Waals surface area contributed by atoms with Gasteiger partial charge in [-0.05, 0) is 54.5 Å². The van der Waals surface area contributed by atoms with E-state index in [4.69, 9.17) is 4.84 Å². The molecular weight excluding hydrogens is 326 g/mol. The molecule has 2 atom stereocenters. The number of carbonyl (C=O) groups excluding carboxylic acids is 1. The van der Waals surface area contributed by atoms with Crippen LogP contribution in [-0.2, 0) is 11.4 Å². The van der Waals surface area contributed by atoms with Crippen molar-refractivity contribution in [3.63, 3.8) is 0 Å². The fourth-order valence-electron chi connectivity index (χ4n) is 3.04. The summed E-state index contributed by atoms with van der Waals surface area (Å²) in [4.78, 5) is 22.0. The van der Waals surface area contributed by atoms with Gasteiger partial charge < -0.3 is 5.32 Å². The van der Waals surface area contributed by atoms with Crippen LogP contribution in [0.15, 0.2) is 60.9 Å². The Morgan fingerprint density at radius 1 is 1.15 bits per heavy atom. The molecule has 1 amide bonds. The van der Waals surface area contributed by atoms with Gasteiger partial charge in [0.25, 0.3) is 5.91 Å². The number of hydrogen-bond donors (Lipinski definition) is 2. The molecule has 0 fully saturated rings. The number of anilines is 1. The Morgan fingerprint density at radius 2 is 1.92 bits per heavy atom. The van der Waals surface area contributed by atoms with Crippen molar-refractivity contribution in [1.29, 1.82) is 0 Å². The normalized spacial score (nSPS) is 19.1. The van der Waals surface area contributed by atoms with E-state index >= 15 is 0 Å². The SMILES string of the molecule is CC1CC=CCC1CONC(=O)c1ccccc1NCc1ccncc1. The fourth-order valence-corrected chi connectivity index (χ4v) is 3.04. The molecule has 2 aromatic rings. The van der Waals surface area contributed by atoms with E-state index in [0.29, 0.717) is 30.6 Å². The van der Waals surface area contributed by atoms with E-state index in [2.05, 4.69) is 34.9 Å². The molecule has 0 saturated heterocycles. The van der Waals surface area contributed by atoms with Crippen LogP contribution in [0.1, 0.15) is 35.7 Å². The summed E-state index contributed by atoms with van der Waals surface area (Å²) in [6, 6.07) is 11.3. The summed E-state index contributed by atoms with van der Waals surface area (Å²) in [5, 5.41) is 3.30. The molecule has 1 aromatic heterocycles. The number of rotatable bonds is 7. The van der Waals surface area contributed by atoms with Crippen LogP contribution in [0.2, 0.25) is 0 Å². The zero-order chi connectivity index (χ0) is 18.2. The van der Waals surface area contributed by atoms with E-state index in [1.807, 2.05) is 30.3 Å². The van der Waals surface area contributed by atoms with Crippen molar-refractivity contribution in [3.05, 3.63) is 72.1 Å². The van der Waals surface area contributed by atoms with E-state index < -0.39 is 0 Å². The number of hydroxylamine groups is 1. The highest BCUT2D eigenvalue weighted by molar-refractivity contribution is 5.98. The smallest absolute Gasteiger partial charge is 0.276 e. The van der Waals surface area contributed by atoms with E-state index in [1.165, 1.54) is 0 Å². The van der Waals surface area contributed by atoms with Gasteiger partial charge in [0.15, 0.2) is 0 Å². The molecule has 0 spiro atoms. The lowest BCUT2D eigenvalue weighted by Gasteiger charge is -2.24. The van der Waals surface area contributed by atoms with Crippen LogP contribution in [0.3, 0.4) is 0 Å². The van der Waals surface area contributed by atoms with Gasteiger partial charge in [-0.3, -0.25) is 14.6 Å². The second-order valence-electron chi connectivity index (χ2n) is 6.68. The lowest BCUT2D eigenvalue weighted by atomic mass is 9.85. The van der Waals surface area contributed by atoms with E-state index in [1.54, 1.807) is 18.5 Å². The Kier molecular flexibility index (Phi) is 6.39. The standard InChI is InChI=1S/C21H25N3O2/c1-16-6-2-3-7-18(16)15-26-24-21(25)19-8-4-5-9-20(19)23-14-17-10-12-22-13-11-17/h2-5,8-13,16,18,23H,6-7,14-15H2,1H3,(H,24,25). The number of amides is 1. The lowest BCUT2D eigenvalue weighted by molar-refractivity contribution is 0.00755. The Morgan fingerprint density at radius 3 is 2.73 bits per heavy atom. The van der Waals surface area contributed by atoms with Crippen molar-refractivity contribution in [1.82, 2.24) is 10.5 Å². The maximum Gasteiger partial charge on any atom is 0.276 e. The molecule has 5 nitrogen and oxygen atoms in total. The summed E-state index contributed by atoms with van der Waals surface area (Å²) in [6.45, 7) is 3.38. The van der Waals surface area contributed by atoms with Crippen molar-refractivity contribution in [2.75, 3.05) is 11.9 Å². The van der Waals surface area contributed by atoms with Gasteiger partial charge in [-0.15, -0.1) is 0 Å². The van der Waals surface area contributed by atoms with Crippen molar-refractivity contribution in [2.45, 2.75) is 26.3 Å². The van der Waals surface area contributed by atoms with Crippen LogP contribution in [0.5, 0.6) is 0 Å². The number of nitrogens with zero attached hydrogens (tertiary/aromatic N) is 1. The maximum absolute atomic E-state index is 12.5. The van der Waals surface area contributed by atoms with Crippen LogP contribution < -0.4 is 10.8 Å². The molecule has 1 heterocycles. The fraction of sp³-hybridized carbons (Fsp3) is 0.333. The van der Waals surface area contributed by atoms with E-state index in [-0.39, 0.29) is 5.91 Å². The number of benzene rings is 1. The zero-order valence-electron chi connectivity index (χ0n) is 15.0. The van der Waals surface area contributed by atoms with Crippen molar-refractivity contribution in [2.24, 2.45) is 11.8 Å². The monoisotopic (exact) mass is 351 g/mol. The molecule has 26 heavy (non-hydrogen) atoms. The maximum atomic E-state index is 12.5. The van der Waals surface area contributed by atoms with Crippen LogP contribution >= 0.6 is 0 Å². The minimum Gasteiger partial charge on any atom is -0.380 e. The summed E-state index contributed by atoms with van der Waals surface area (Å²) in [5.74, 6) is 0.786. The predicted octanol–water partition coefficient (Wildman–Crippen LogP) is 3.96. The van der Waals surface area contributed by atoms with E-state index in [9.17, 15) is 4.79 Å². The van der Waals surface area contributed by atoms with Crippen LogP contribution in [0, 0.1) is 11.8 Å². The predicted molar refractivity (Wildman–Crippen MR) is 102 cm³/mol. The lowest BCUT2D eigenvalue weighted by Crippen LogP contribution is -2.29. The number of pyridine rings is 1. The highest BCUT2D eigenvalue weighted by atomic mass is 16.6. The number of carbonyl (C=O) groups is 1. The van der Waals surface area contributed by atoms with Crippen molar-refractivity contribution < 1.29 is 9.63 Å². The molecule has 1 aliphatic rings. The summed E-state index contributed by atoms with van der Waals surface area (Å²) in [5.41, 5.74) is 5.04. The highest BCUT2D eigenvalue weighted by Gasteiger charge is 2.19. The average Bonchev–Trinajstić information content (AvgIpc) is 2.69. The number of aromatic nitrogens is 1. The molecule has 2 N–H and O–H groups in total. The molecule has 1 aromatic carbocycles. The summed E-state index contributed by atoms with van der Waals surface area (Å²) in [7, 11) is 0. The van der Waals surface area contributed by atoms with Crippen LogP contribution in [0.4, 0.5) is 5.69 Å². The molecule has 0 saturated carbocycles. The average molecular weight is 351 g/mol. The third kappa shape index (κ3) is 4.92. The van der Waals surface area contributed by atoms with Gasteiger partial charge in [0, 0.05) is 24.6 Å². The Bertz CT molecular complexity index is 746. The van der Waals surface area contributed by atoms with Crippen molar-refractivity contribution in [3.8, 4) is 0 Å². The summed E-state index contributed by atoms with van der Waals surface area (Å²) < 4.78 is 0. The Labute approximate surface area is 154 Å². The first-order valence-electron chi connectivity index (χ1n) is 9.03. The van der Waals surface area contributed by atoms with Gasteiger partial charge >= 0.3 is 0 Å². The molecular formula is C21H25N3O2. The molecule has 1 aliphatic carbocycles. The molecule has 0 bridgehead atoms.